The molecular weight excluding hydrogens is 302 g/mol. The molecule has 24 heavy (non-hydrogen) atoms. The van der Waals surface area contributed by atoms with Crippen LogP contribution in [0.4, 0.5) is 0 Å². The molecule has 0 atom stereocenters. The molecule has 0 bridgehead atoms. The van der Waals surface area contributed by atoms with E-state index in [0.29, 0.717) is 11.4 Å². The molecule has 0 saturated heterocycles. The lowest BCUT2D eigenvalue weighted by molar-refractivity contribution is 0.0954. The maximum Gasteiger partial charge on any atom is 0.268 e. The van der Waals surface area contributed by atoms with Crippen molar-refractivity contribution in [3.8, 4) is 17.6 Å². The monoisotopic (exact) mass is 319 g/mol. The lowest BCUT2D eigenvalue weighted by Gasteiger charge is -2.01. The van der Waals surface area contributed by atoms with Crippen LogP contribution in [0, 0.1) is 18.8 Å². The maximum absolute atomic E-state index is 12.1. The van der Waals surface area contributed by atoms with Gasteiger partial charge in [0.15, 0.2) is 0 Å². The van der Waals surface area contributed by atoms with Gasteiger partial charge in [-0.25, -0.2) is 0 Å². The van der Waals surface area contributed by atoms with E-state index in [1.54, 1.807) is 6.20 Å². The third-order valence-electron chi connectivity index (χ3n) is 3.43. The molecule has 3 aromatic rings. The number of aromatic nitrogens is 2. The molecule has 0 aliphatic heterocycles. The number of nitrogens with one attached hydrogen (secondary N) is 2. The number of benzene rings is 1. The predicted molar refractivity (Wildman–Crippen MR) is 92.9 cm³/mol. The molecule has 0 aliphatic carbocycles. The zero-order valence-electron chi connectivity index (χ0n) is 13.3. The Kier molecular flexibility index (Phi) is 4.78. The van der Waals surface area contributed by atoms with E-state index in [1.165, 1.54) is 0 Å². The van der Waals surface area contributed by atoms with Crippen LogP contribution in [-0.4, -0.2) is 29.0 Å². The van der Waals surface area contributed by atoms with Gasteiger partial charge in [-0.3, -0.25) is 9.78 Å². The topological polar surface area (TPSA) is 67.0 Å². The summed E-state index contributed by atoms with van der Waals surface area (Å²) in [6, 6.07) is 13.3. The zero-order chi connectivity index (χ0) is 16.8. The van der Waals surface area contributed by atoms with E-state index in [0.717, 1.165) is 16.6 Å². The van der Waals surface area contributed by atoms with Gasteiger partial charge in [-0.2, -0.15) is 0 Å². The first-order valence-corrected chi connectivity index (χ1v) is 7.59. The van der Waals surface area contributed by atoms with Crippen LogP contribution in [0.5, 0.6) is 5.75 Å². The number of carbonyl (C=O) groups excluding carboxylic acids is 1. The smallest absolute Gasteiger partial charge is 0.268 e. The van der Waals surface area contributed by atoms with Crippen LogP contribution in [0.2, 0.25) is 0 Å². The third kappa shape index (κ3) is 3.93. The Labute approximate surface area is 140 Å². The van der Waals surface area contributed by atoms with Crippen molar-refractivity contribution in [2.24, 2.45) is 0 Å². The average molecular weight is 319 g/mol. The molecule has 0 fully saturated rings. The van der Waals surface area contributed by atoms with Gasteiger partial charge in [-0.1, -0.05) is 30.0 Å². The van der Waals surface area contributed by atoms with Crippen LogP contribution in [0.3, 0.4) is 0 Å². The van der Waals surface area contributed by atoms with Crippen LogP contribution in [-0.2, 0) is 0 Å². The number of H-pyrrole nitrogens is 1. The molecule has 2 heterocycles. The van der Waals surface area contributed by atoms with Crippen molar-refractivity contribution in [1.29, 1.82) is 0 Å². The summed E-state index contributed by atoms with van der Waals surface area (Å²) in [6.45, 7) is 2.44. The largest absolute Gasteiger partial charge is 0.479 e. The normalized spacial score (nSPS) is 10.0. The quantitative estimate of drug-likeness (QED) is 0.727. The summed E-state index contributed by atoms with van der Waals surface area (Å²) < 4.78 is 5.44. The first-order valence-electron chi connectivity index (χ1n) is 7.59. The second-order valence-electron chi connectivity index (χ2n) is 5.23. The van der Waals surface area contributed by atoms with Crippen LogP contribution in [0.25, 0.3) is 10.9 Å². The van der Waals surface area contributed by atoms with Gasteiger partial charge < -0.3 is 15.0 Å². The van der Waals surface area contributed by atoms with Crippen LogP contribution >= 0.6 is 0 Å². The molecule has 1 aromatic carbocycles. The van der Waals surface area contributed by atoms with E-state index in [9.17, 15) is 4.79 Å². The lowest BCUT2D eigenvalue weighted by atomic mass is 10.2. The van der Waals surface area contributed by atoms with Gasteiger partial charge in [-0.15, -0.1) is 0 Å². The zero-order valence-corrected chi connectivity index (χ0v) is 13.3. The van der Waals surface area contributed by atoms with Gasteiger partial charge in [0.05, 0.1) is 12.7 Å². The number of fused-ring (bicyclic) bond motifs is 1. The van der Waals surface area contributed by atoms with Gasteiger partial charge in [0, 0.05) is 16.6 Å². The van der Waals surface area contributed by atoms with Crippen molar-refractivity contribution >= 4 is 16.8 Å². The summed E-state index contributed by atoms with van der Waals surface area (Å²) in [6.07, 6.45) is 1.66. The number of hydrogen-bond donors (Lipinski definition) is 2. The fraction of sp³-hybridized carbons (Fsp3) is 0.158. The fourth-order valence-electron chi connectivity index (χ4n) is 2.19. The number of nitrogens with zero attached hydrogens (tertiary/aromatic N) is 1. The molecule has 2 N–H and O–H groups in total. The van der Waals surface area contributed by atoms with Crippen LogP contribution < -0.4 is 10.1 Å². The number of ether oxygens (including phenoxy) is 1. The van der Waals surface area contributed by atoms with E-state index in [1.807, 2.05) is 49.4 Å². The summed E-state index contributed by atoms with van der Waals surface area (Å²) in [4.78, 5) is 19.3. The number of amides is 1. The van der Waals surface area contributed by atoms with Gasteiger partial charge in [-0.05, 0) is 31.2 Å². The summed E-state index contributed by atoms with van der Waals surface area (Å²) in [5.74, 6) is 6.22. The number of aryl methyl sites for hydroxylation is 1. The SMILES string of the molecule is Cc1ccc(OCC#CCNC(=O)c2cc3ccccc3[nH]2)cn1. The average Bonchev–Trinajstić information content (AvgIpc) is 3.03. The minimum absolute atomic E-state index is 0.177. The highest BCUT2D eigenvalue weighted by Gasteiger charge is 2.07. The van der Waals surface area contributed by atoms with Crippen LogP contribution in [0.15, 0.2) is 48.7 Å². The van der Waals surface area contributed by atoms with E-state index >= 15 is 0 Å². The van der Waals surface area contributed by atoms with E-state index < -0.39 is 0 Å². The minimum Gasteiger partial charge on any atom is -0.479 e. The molecule has 1 amide bonds. The molecule has 120 valence electrons. The highest BCUT2D eigenvalue weighted by molar-refractivity contribution is 5.98. The minimum atomic E-state index is -0.177. The Hall–Kier alpha value is -3.26. The molecule has 0 unspecified atom stereocenters. The first kappa shape index (κ1) is 15.6. The van der Waals surface area contributed by atoms with Gasteiger partial charge in [0.1, 0.15) is 18.1 Å². The number of rotatable bonds is 4. The summed E-state index contributed by atoms with van der Waals surface area (Å²) in [7, 11) is 0. The second-order valence-corrected chi connectivity index (χ2v) is 5.23. The third-order valence-corrected chi connectivity index (χ3v) is 3.43. The van der Waals surface area contributed by atoms with Crippen molar-refractivity contribution in [2.45, 2.75) is 6.92 Å². The number of hydrogen-bond acceptors (Lipinski definition) is 3. The Bertz CT molecular complexity index is 869. The number of para-hydroxylation sites is 1. The number of pyridine rings is 1. The Balaban J connectivity index is 1.46. The second kappa shape index (κ2) is 7.34. The molecule has 2 aromatic heterocycles. The lowest BCUT2D eigenvalue weighted by Crippen LogP contribution is -2.23. The van der Waals surface area contributed by atoms with Gasteiger partial charge >= 0.3 is 0 Å². The fourth-order valence-corrected chi connectivity index (χ4v) is 2.19. The van der Waals surface area contributed by atoms with Gasteiger partial charge in [0.25, 0.3) is 5.91 Å². The van der Waals surface area contributed by atoms with E-state index in [-0.39, 0.29) is 19.1 Å². The van der Waals surface area contributed by atoms with Crippen LogP contribution in [0.1, 0.15) is 16.2 Å². The first-order chi connectivity index (χ1) is 11.7. The molecular formula is C19H17N3O2. The van der Waals surface area contributed by atoms with Crippen molar-refractivity contribution in [1.82, 2.24) is 15.3 Å². The maximum atomic E-state index is 12.1. The van der Waals surface area contributed by atoms with Gasteiger partial charge in [0.2, 0.25) is 0 Å². The molecule has 0 aliphatic rings. The molecule has 5 heteroatoms. The molecule has 0 saturated carbocycles. The van der Waals surface area contributed by atoms with Crippen molar-refractivity contribution in [2.75, 3.05) is 13.2 Å². The van der Waals surface area contributed by atoms with Crippen molar-refractivity contribution < 1.29 is 9.53 Å². The van der Waals surface area contributed by atoms with Crippen molar-refractivity contribution in [3.63, 3.8) is 0 Å². The highest BCUT2D eigenvalue weighted by atomic mass is 16.5. The Morgan fingerprint density at radius 2 is 2.12 bits per heavy atom. The standard InChI is InChI=1S/C19H17N3O2/c1-14-8-9-16(13-21-14)24-11-5-4-10-20-19(23)18-12-15-6-2-3-7-17(15)22-18/h2-3,6-9,12-13,22H,10-11H2,1H3,(H,20,23). The van der Waals surface area contributed by atoms with E-state index in [4.69, 9.17) is 4.74 Å². The Morgan fingerprint density at radius 3 is 2.92 bits per heavy atom. The molecule has 0 radical (unpaired) electrons. The predicted octanol–water partition coefficient (Wildman–Crippen LogP) is 2.68. The Morgan fingerprint density at radius 1 is 1.25 bits per heavy atom. The molecule has 5 nitrogen and oxygen atoms in total. The number of aromatic amines is 1. The summed E-state index contributed by atoms with van der Waals surface area (Å²) in [5, 5.41) is 3.76. The summed E-state index contributed by atoms with van der Waals surface area (Å²) in [5.41, 5.74) is 2.40. The molecule has 3 rings (SSSR count). The van der Waals surface area contributed by atoms with E-state index in [2.05, 4.69) is 27.1 Å². The van der Waals surface area contributed by atoms with Crippen molar-refractivity contribution in [3.05, 3.63) is 60.0 Å². The highest BCUT2D eigenvalue weighted by Crippen LogP contribution is 2.14. The molecule has 0 spiro atoms. The summed E-state index contributed by atoms with van der Waals surface area (Å²) >= 11 is 0. The number of carbonyl (C=O) groups is 1.